The van der Waals surface area contributed by atoms with Crippen LogP contribution in [0.3, 0.4) is 0 Å². The summed E-state index contributed by atoms with van der Waals surface area (Å²) < 4.78 is 0. The molecule has 0 aromatic rings. The highest BCUT2D eigenvalue weighted by molar-refractivity contribution is 5.75. The van der Waals surface area contributed by atoms with Gasteiger partial charge in [-0.3, -0.25) is 9.98 Å². The molecule has 0 saturated heterocycles. The van der Waals surface area contributed by atoms with Gasteiger partial charge < -0.3 is 0 Å². The number of hydrogen-bond acceptors (Lipinski definition) is 2. The van der Waals surface area contributed by atoms with Gasteiger partial charge in [-0.15, -0.1) is 0 Å². The van der Waals surface area contributed by atoms with Gasteiger partial charge in [0.05, 0.1) is 0 Å². The molecule has 0 saturated carbocycles. The molecule has 1 aliphatic heterocycles. The minimum Gasteiger partial charge on any atom is -0.293 e. The number of dihydropyridines is 1. The van der Waals surface area contributed by atoms with Crippen molar-refractivity contribution in [1.82, 2.24) is 0 Å². The predicted molar refractivity (Wildman–Crippen MR) is 53.9 cm³/mol. The Morgan fingerprint density at radius 1 is 1.67 bits per heavy atom. The number of nitrogens with zero attached hydrogens (tertiary/aromatic N) is 2. The quantitative estimate of drug-likeness (QED) is 0.446. The molecule has 0 aliphatic carbocycles. The molecule has 0 amide bonds. The second-order valence-corrected chi connectivity index (χ2v) is 2.52. The van der Waals surface area contributed by atoms with Crippen LogP contribution in [0.2, 0.25) is 0 Å². The van der Waals surface area contributed by atoms with Gasteiger partial charge in [-0.25, -0.2) is 0 Å². The van der Waals surface area contributed by atoms with Crippen molar-refractivity contribution in [1.29, 1.82) is 0 Å². The Labute approximate surface area is 72.7 Å². The van der Waals surface area contributed by atoms with Crippen molar-refractivity contribution in [3.05, 3.63) is 36.1 Å². The molecule has 0 aromatic carbocycles. The summed E-state index contributed by atoms with van der Waals surface area (Å²) in [4.78, 5) is 7.71. The number of hydrogen-bond donors (Lipinski definition) is 0. The fourth-order valence-corrected chi connectivity index (χ4v) is 1.00. The van der Waals surface area contributed by atoms with Gasteiger partial charge in [-0.2, -0.15) is 0 Å². The number of aliphatic imine (C=N–C) groups is 2. The standard InChI is InChI=1S/C10H12N2/c1-9(3-6-11-2)10-4-7-12-8-5-10/h3-4,6-7H,1-2,5,8H2/b6-3-. The van der Waals surface area contributed by atoms with Crippen LogP contribution in [0.4, 0.5) is 0 Å². The molecule has 0 atom stereocenters. The third kappa shape index (κ3) is 2.31. The van der Waals surface area contributed by atoms with Crippen molar-refractivity contribution in [2.24, 2.45) is 9.98 Å². The molecular weight excluding hydrogens is 148 g/mol. The minimum atomic E-state index is 0.861. The molecular formula is C10H12N2. The van der Waals surface area contributed by atoms with E-state index in [2.05, 4.69) is 23.3 Å². The molecule has 0 radical (unpaired) electrons. The summed E-state index contributed by atoms with van der Waals surface area (Å²) in [6.07, 6.45) is 8.28. The van der Waals surface area contributed by atoms with Gasteiger partial charge in [0, 0.05) is 19.0 Å². The molecule has 12 heavy (non-hydrogen) atoms. The van der Waals surface area contributed by atoms with Crippen molar-refractivity contribution in [2.75, 3.05) is 6.54 Å². The lowest BCUT2D eigenvalue weighted by molar-refractivity contribution is 0.957. The SMILES string of the molecule is C=N/C=C\C(=C)C1=CC=NCC1. The Kier molecular flexibility index (Phi) is 3.20. The number of rotatable bonds is 3. The fraction of sp³-hybridized carbons (Fsp3) is 0.200. The van der Waals surface area contributed by atoms with Gasteiger partial charge in [0.25, 0.3) is 0 Å². The predicted octanol–water partition coefficient (Wildman–Crippen LogP) is 2.16. The zero-order chi connectivity index (χ0) is 8.81. The van der Waals surface area contributed by atoms with Crippen LogP contribution in [-0.2, 0) is 0 Å². The van der Waals surface area contributed by atoms with Crippen LogP contribution in [0, 0.1) is 0 Å². The van der Waals surface area contributed by atoms with Gasteiger partial charge in [0.1, 0.15) is 0 Å². The van der Waals surface area contributed by atoms with Crippen LogP contribution in [0.1, 0.15) is 6.42 Å². The average molecular weight is 160 g/mol. The van der Waals surface area contributed by atoms with Crippen LogP contribution in [-0.4, -0.2) is 19.5 Å². The maximum absolute atomic E-state index is 4.09. The normalized spacial score (nSPS) is 16.2. The first-order valence-electron chi connectivity index (χ1n) is 3.85. The minimum absolute atomic E-state index is 0.861. The molecule has 2 nitrogen and oxygen atoms in total. The monoisotopic (exact) mass is 160 g/mol. The smallest absolute Gasteiger partial charge is 0.0429 e. The molecule has 62 valence electrons. The van der Waals surface area contributed by atoms with Crippen molar-refractivity contribution < 1.29 is 0 Å². The topological polar surface area (TPSA) is 24.7 Å². The molecule has 0 unspecified atom stereocenters. The van der Waals surface area contributed by atoms with Crippen molar-refractivity contribution in [2.45, 2.75) is 6.42 Å². The summed E-state index contributed by atoms with van der Waals surface area (Å²) in [6.45, 7) is 8.13. The Morgan fingerprint density at radius 3 is 3.08 bits per heavy atom. The second kappa shape index (κ2) is 4.44. The van der Waals surface area contributed by atoms with E-state index in [-0.39, 0.29) is 0 Å². The third-order valence-corrected chi connectivity index (χ3v) is 1.68. The molecule has 1 rings (SSSR count). The Balaban J connectivity index is 2.63. The number of allylic oxidation sites excluding steroid dienone is 3. The van der Waals surface area contributed by atoms with Crippen LogP contribution < -0.4 is 0 Å². The lowest BCUT2D eigenvalue weighted by atomic mass is 10.0. The summed E-state index contributed by atoms with van der Waals surface area (Å²) in [5, 5.41) is 0. The van der Waals surface area contributed by atoms with E-state index in [4.69, 9.17) is 0 Å². The van der Waals surface area contributed by atoms with Crippen LogP contribution >= 0.6 is 0 Å². The summed E-state index contributed by atoms with van der Waals surface area (Å²) >= 11 is 0. The molecule has 0 fully saturated rings. The van der Waals surface area contributed by atoms with Gasteiger partial charge in [-0.05, 0) is 36.4 Å². The summed E-state index contributed by atoms with van der Waals surface area (Å²) in [5.74, 6) is 0. The van der Waals surface area contributed by atoms with E-state index in [0.29, 0.717) is 0 Å². The van der Waals surface area contributed by atoms with Crippen molar-refractivity contribution in [3.8, 4) is 0 Å². The van der Waals surface area contributed by atoms with Gasteiger partial charge in [0.2, 0.25) is 0 Å². The van der Waals surface area contributed by atoms with E-state index in [9.17, 15) is 0 Å². The van der Waals surface area contributed by atoms with E-state index in [1.165, 1.54) is 5.57 Å². The van der Waals surface area contributed by atoms with E-state index in [1.807, 2.05) is 18.4 Å². The van der Waals surface area contributed by atoms with Gasteiger partial charge in [0.15, 0.2) is 0 Å². The van der Waals surface area contributed by atoms with E-state index < -0.39 is 0 Å². The highest BCUT2D eigenvalue weighted by Crippen LogP contribution is 2.15. The largest absolute Gasteiger partial charge is 0.293 e. The zero-order valence-electron chi connectivity index (χ0n) is 7.03. The first kappa shape index (κ1) is 8.65. The second-order valence-electron chi connectivity index (χ2n) is 2.52. The van der Waals surface area contributed by atoms with E-state index >= 15 is 0 Å². The summed E-state index contributed by atoms with van der Waals surface area (Å²) in [5.41, 5.74) is 2.22. The van der Waals surface area contributed by atoms with Crippen LogP contribution in [0.5, 0.6) is 0 Å². The first-order valence-corrected chi connectivity index (χ1v) is 3.85. The molecule has 0 N–H and O–H groups in total. The molecule has 2 heteroatoms. The summed E-state index contributed by atoms with van der Waals surface area (Å²) in [6, 6.07) is 0. The first-order chi connectivity index (χ1) is 5.84. The molecule has 0 bridgehead atoms. The highest BCUT2D eigenvalue weighted by atomic mass is 14.7. The van der Waals surface area contributed by atoms with Crippen molar-refractivity contribution >= 4 is 12.9 Å². The Morgan fingerprint density at radius 2 is 2.50 bits per heavy atom. The van der Waals surface area contributed by atoms with Crippen LogP contribution in [0.25, 0.3) is 0 Å². The highest BCUT2D eigenvalue weighted by Gasteiger charge is 2.00. The van der Waals surface area contributed by atoms with Crippen molar-refractivity contribution in [3.63, 3.8) is 0 Å². The molecule has 0 spiro atoms. The van der Waals surface area contributed by atoms with Crippen LogP contribution in [0.15, 0.2) is 46.1 Å². The maximum atomic E-state index is 4.09. The average Bonchev–Trinajstić information content (AvgIpc) is 2.15. The third-order valence-electron chi connectivity index (χ3n) is 1.68. The summed E-state index contributed by atoms with van der Waals surface area (Å²) in [7, 11) is 0. The molecule has 0 aromatic heterocycles. The Bertz CT molecular complexity index is 270. The van der Waals surface area contributed by atoms with E-state index in [1.54, 1.807) is 6.20 Å². The lowest BCUT2D eigenvalue weighted by Gasteiger charge is -2.07. The van der Waals surface area contributed by atoms with Gasteiger partial charge >= 0.3 is 0 Å². The fourth-order valence-electron chi connectivity index (χ4n) is 1.00. The van der Waals surface area contributed by atoms with Gasteiger partial charge in [-0.1, -0.05) is 6.58 Å². The zero-order valence-corrected chi connectivity index (χ0v) is 7.03. The Hall–Kier alpha value is -1.44. The van der Waals surface area contributed by atoms with E-state index in [0.717, 1.165) is 18.5 Å². The molecule has 1 aliphatic rings. The maximum Gasteiger partial charge on any atom is 0.0429 e. The molecule has 1 heterocycles. The lowest BCUT2D eigenvalue weighted by Crippen LogP contribution is -1.95.